The molecule has 2 nitrogen and oxygen atoms in total. The van der Waals surface area contributed by atoms with Gasteiger partial charge in [-0.2, -0.15) is 0 Å². The fourth-order valence-corrected chi connectivity index (χ4v) is 2.31. The second-order valence-corrected chi connectivity index (χ2v) is 11.2. The summed E-state index contributed by atoms with van der Waals surface area (Å²) in [6, 6.07) is 4.57. The van der Waals surface area contributed by atoms with Crippen molar-refractivity contribution in [3.8, 4) is 0 Å². The van der Waals surface area contributed by atoms with E-state index in [9.17, 15) is 9.18 Å². The Labute approximate surface area is 116 Å². The van der Waals surface area contributed by atoms with E-state index in [1.165, 1.54) is 13.0 Å². The minimum Gasteiger partial charge on any atom is -0.412 e. The van der Waals surface area contributed by atoms with Crippen LogP contribution >= 0.6 is 0 Å². The standard InChI is InChI=1S/C15H23FO2Si/c1-11(17)12-7-8-13(14(16)9-12)10-18-19(5,6)15(2,3)4/h7-9H,10H2,1-6H3. The molecule has 19 heavy (non-hydrogen) atoms. The number of ketones is 1. The van der Waals surface area contributed by atoms with E-state index in [0.29, 0.717) is 11.1 Å². The predicted molar refractivity (Wildman–Crippen MR) is 78.4 cm³/mol. The Kier molecular flexibility index (Phi) is 4.69. The molecule has 4 heteroatoms. The van der Waals surface area contributed by atoms with E-state index < -0.39 is 8.32 Å². The number of hydrogen-bond acceptors (Lipinski definition) is 2. The highest BCUT2D eigenvalue weighted by atomic mass is 28.4. The molecular formula is C15H23FO2Si. The van der Waals surface area contributed by atoms with Crippen LogP contribution in [-0.4, -0.2) is 14.1 Å². The summed E-state index contributed by atoms with van der Waals surface area (Å²) in [7, 11) is -1.88. The number of carbonyl (C=O) groups excluding carboxylic acids is 1. The van der Waals surface area contributed by atoms with Gasteiger partial charge in [-0.05, 0) is 31.1 Å². The molecule has 0 atom stereocenters. The molecule has 0 heterocycles. The summed E-state index contributed by atoms with van der Waals surface area (Å²) in [5, 5.41) is 0.100. The van der Waals surface area contributed by atoms with Gasteiger partial charge in [-0.25, -0.2) is 4.39 Å². The third kappa shape index (κ3) is 3.98. The minimum absolute atomic E-state index is 0.100. The Morgan fingerprint density at radius 1 is 1.32 bits per heavy atom. The molecule has 0 saturated heterocycles. The molecule has 106 valence electrons. The third-order valence-corrected chi connectivity index (χ3v) is 8.33. The van der Waals surface area contributed by atoms with Gasteiger partial charge in [0.05, 0.1) is 6.61 Å². The van der Waals surface area contributed by atoms with Gasteiger partial charge in [-0.1, -0.05) is 32.9 Å². The number of benzene rings is 1. The first-order valence-electron chi connectivity index (χ1n) is 6.48. The van der Waals surface area contributed by atoms with E-state index in [0.717, 1.165) is 0 Å². The van der Waals surface area contributed by atoms with E-state index >= 15 is 0 Å². The molecular weight excluding hydrogens is 259 g/mol. The van der Waals surface area contributed by atoms with Crippen LogP contribution in [0.1, 0.15) is 43.6 Å². The first kappa shape index (κ1) is 16.1. The van der Waals surface area contributed by atoms with Gasteiger partial charge in [0, 0.05) is 11.1 Å². The summed E-state index contributed by atoms with van der Waals surface area (Å²) < 4.78 is 19.8. The molecule has 0 radical (unpaired) electrons. The first-order valence-corrected chi connectivity index (χ1v) is 9.39. The highest BCUT2D eigenvalue weighted by molar-refractivity contribution is 6.74. The van der Waals surface area contributed by atoms with Gasteiger partial charge in [-0.3, -0.25) is 4.79 Å². The lowest BCUT2D eigenvalue weighted by Gasteiger charge is -2.36. The van der Waals surface area contributed by atoms with Crippen LogP contribution in [0.15, 0.2) is 18.2 Å². The van der Waals surface area contributed by atoms with Crippen molar-refractivity contribution in [1.29, 1.82) is 0 Å². The smallest absolute Gasteiger partial charge is 0.192 e. The van der Waals surface area contributed by atoms with Crippen LogP contribution in [0, 0.1) is 5.82 Å². The van der Waals surface area contributed by atoms with E-state index in [2.05, 4.69) is 33.9 Å². The molecule has 0 amide bonds. The predicted octanol–water partition coefficient (Wildman–Crippen LogP) is 4.55. The summed E-state index contributed by atoms with van der Waals surface area (Å²) in [6.07, 6.45) is 0. The summed E-state index contributed by atoms with van der Waals surface area (Å²) in [5.41, 5.74) is 0.906. The number of hydrogen-bond donors (Lipinski definition) is 0. The molecule has 1 aromatic carbocycles. The molecule has 0 aliphatic rings. The Hall–Kier alpha value is -1.00. The maximum atomic E-state index is 13.9. The van der Waals surface area contributed by atoms with Gasteiger partial charge in [0.2, 0.25) is 0 Å². The molecule has 0 saturated carbocycles. The van der Waals surface area contributed by atoms with Crippen LogP contribution in [0.25, 0.3) is 0 Å². The van der Waals surface area contributed by atoms with Crippen molar-refractivity contribution in [1.82, 2.24) is 0 Å². The summed E-state index contributed by atoms with van der Waals surface area (Å²) in [6.45, 7) is 12.4. The van der Waals surface area contributed by atoms with Crippen LogP contribution in [0.3, 0.4) is 0 Å². The van der Waals surface area contributed by atoms with Gasteiger partial charge in [-0.15, -0.1) is 0 Å². The molecule has 0 bridgehead atoms. The fourth-order valence-electron chi connectivity index (χ4n) is 1.36. The molecule has 1 rings (SSSR count). The van der Waals surface area contributed by atoms with Gasteiger partial charge < -0.3 is 4.43 Å². The maximum absolute atomic E-state index is 13.9. The normalized spacial score (nSPS) is 12.6. The van der Waals surface area contributed by atoms with Crippen molar-refractivity contribution in [3.05, 3.63) is 35.1 Å². The summed E-state index contributed by atoms with van der Waals surface area (Å²) >= 11 is 0. The van der Waals surface area contributed by atoms with Crippen LogP contribution in [0.5, 0.6) is 0 Å². The highest BCUT2D eigenvalue weighted by Crippen LogP contribution is 2.37. The Morgan fingerprint density at radius 2 is 1.89 bits per heavy atom. The van der Waals surface area contributed by atoms with Crippen molar-refractivity contribution in [3.63, 3.8) is 0 Å². The number of rotatable bonds is 4. The monoisotopic (exact) mass is 282 g/mol. The quantitative estimate of drug-likeness (QED) is 0.598. The summed E-state index contributed by atoms with van der Waals surface area (Å²) in [5.74, 6) is -0.498. The van der Waals surface area contributed by atoms with Crippen molar-refractivity contribution in [2.24, 2.45) is 0 Å². The molecule has 0 spiro atoms. The van der Waals surface area contributed by atoms with Gasteiger partial charge in [0.25, 0.3) is 0 Å². The molecule has 0 fully saturated rings. The van der Waals surface area contributed by atoms with E-state index in [1.54, 1.807) is 12.1 Å². The van der Waals surface area contributed by atoms with Crippen molar-refractivity contribution >= 4 is 14.1 Å². The molecule has 0 aromatic heterocycles. The maximum Gasteiger partial charge on any atom is 0.192 e. The lowest BCUT2D eigenvalue weighted by Crippen LogP contribution is -2.40. The number of Topliss-reactive ketones (excluding diaryl/α,β-unsaturated/α-hetero) is 1. The number of carbonyl (C=O) groups is 1. The van der Waals surface area contributed by atoms with Crippen LogP contribution in [0.2, 0.25) is 18.1 Å². The van der Waals surface area contributed by atoms with Gasteiger partial charge >= 0.3 is 0 Å². The largest absolute Gasteiger partial charge is 0.412 e. The SMILES string of the molecule is CC(=O)c1ccc(CO[Si](C)(C)C(C)(C)C)c(F)c1. The second kappa shape index (κ2) is 5.55. The Morgan fingerprint density at radius 3 is 2.32 bits per heavy atom. The van der Waals surface area contributed by atoms with Crippen LogP contribution in [0.4, 0.5) is 4.39 Å². The molecule has 1 aromatic rings. The molecule has 0 aliphatic carbocycles. The lowest BCUT2D eigenvalue weighted by molar-refractivity contribution is 0.101. The van der Waals surface area contributed by atoms with Crippen molar-refractivity contribution in [2.75, 3.05) is 0 Å². The van der Waals surface area contributed by atoms with Gasteiger partial charge in [0.1, 0.15) is 5.82 Å². The molecule has 0 unspecified atom stereocenters. The minimum atomic E-state index is -1.88. The average Bonchev–Trinajstić information content (AvgIpc) is 2.25. The zero-order chi connectivity index (χ0) is 14.8. The third-order valence-electron chi connectivity index (χ3n) is 3.85. The van der Waals surface area contributed by atoms with E-state index in [1.807, 2.05) is 0 Å². The molecule has 0 N–H and O–H groups in total. The Bertz CT molecular complexity index is 476. The zero-order valence-electron chi connectivity index (χ0n) is 12.6. The fraction of sp³-hybridized carbons (Fsp3) is 0.533. The van der Waals surface area contributed by atoms with E-state index in [4.69, 9.17) is 4.43 Å². The summed E-state index contributed by atoms with van der Waals surface area (Å²) in [4.78, 5) is 11.2. The molecule has 0 aliphatic heterocycles. The van der Waals surface area contributed by atoms with Crippen LogP contribution < -0.4 is 0 Å². The highest BCUT2D eigenvalue weighted by Gasteiger charge is 2.37. The van der Waals surface area contributed by atoms with Crippen molar-refractivity contribution < 1.29 is 13.6 Å². The van der Waals surface area contributed by atoms with Crippen molar-refractivity contribution in [2.45, 2.75) is 52.4 Å². The topological polar surface area (TPSA) is 26.3 Å². The number of halogens is 1. The lowest BCUT2D eigenvalue weighted by atomic mass is 10.1. The zero-order valence-corrected chi connectivity index (χ0v) is 13.6. The van der Waals surface area contributed by atoms with Crippen LogP contribution in [-0.2, 0) is 11.0 Å². The first-order chi connectivity index (χ1) is 8.54. The average molecular weight is 282 g/mol. The van der Waals surface area contributed by atoms with Gasteiger partial charge in [0.15, 0.2) is 14.1 Å². The van der Waals surface area contributed by atoms with E-state index in [-0.39, 0.29) is 23.2 Å². The Balaban J connectivity index is 2.82. The second-order valence-electron chi connectivity index (χ2n) is 6.41.